The van der Waals surface area contributed by atoms with Crippen LogP contribution in [0.1, 0.15) is 32.4 Å². The van der Waals surface area contributed by atoms with Crippen molar-refractivity contribution in [3.8, 4) is 0 Å². The van der Waals surface area contributed by atoms with Crippen molar-refractivity contribution in [2.45, 2.75) is 25.6 Å². The molecule has 0 aromatic heterocycles. The first-order chi connectivity index (χ1) is 5.27. The van der Waals surface area contributed by atoms with E-state index in [4.69, 9.17) is 6.85 Å². The molecule has 0 unspecified atom stereocenters. The summed E-state index contributed by atoms with van der Waals surface area (Å²) in [4.78, 5) is 10.5. The summed E-state index contributed by atoms with van der Waals surface area (Å²) < 4.78 is 36.6. The van der Waals surface area contributed by atoms with Crippen LogP contribution in [0.15, 0.2) is 0 Å². The number of rotatable bonds is 1. The van der Waals surface area contributed by atoms with Gasteiger partial charge in [-0.05, 0) is 12.7 Å². The van der Waals surface area contributed by atoms with E-state index in [0.717, 1.165) is 0 Å². The summed E-state index contributed by atoms with van der Waals surface area (Å²) in [7, 11) is 0. The Bertz CT molecular complexity index is 196. The van der Waals surface area contributed by atoms with Crippen LogP contribution in [0, 0.1) is 5.89 Å². The van der Waals surface area contributed by atoms with Crippen LogP contribution in [0.2, 0.25) is 0 Å². The molecule has 0 aliphatic heterocycles. The average molecular weight is 103 g/mol. The number of carbonyl (C=O) groups excluding carboxylic acids is 1. The van der Waals surface area contributed by atoms with Gasteiger partial charge in [-0.25, -0.2) is 0 Å². The van der Waals surface area contributed by atoms with Gasteiger partial charge in [0.05, 0.1) is 0 Å². The third-order valence-corrected chi connectivity index (χ3v) is 0.874. The fourth-order valence-corrected chi connectivity index (χ4v) is 0.540. The summed E-state index contributed by atoms with van der Waals surface area (Å²) in [6.07, 6.45) is -4.14. The molecule has 0 spiro atoms. The first-order valence-electron chi connectivity index (χ1n) is 4.73. The molecule has 0 N–H and O–H groups in total. The zero-order chi connectivity index (χ0) is 9.62. The minimum Gasteiger partial charge on any atom is -0.303 e. The number of carbonyl (C=O) groups is 1. The highest BCUT2D eigenvalue weighted by Gasteiger charge is 2.12. The Balaban J connectivity index is 3.13. The van der Waals surface area contributed by atoms with Gasteiger partial charge in [0.15, 0.2) is 0 Å². The van der Waals surface area contributed by atoms with E-state index in [0.29, 0.717) is 0 Å². The molecule has 40 valence electrons. The van der Waals surface area contributed by atoms with Crippen molar-refractivity contribution in [3.63, 3.8) is 0 Å². The zero-order valence-corrected chi connectivity index (χ0v) is 3.90. The molecular formula is C6H10O. The molecule has 0 aromatic carbocycles. The van der Waals surface area contributed by atoms with Crippen LogP contribution in [-0.2, 0) is 4.79 Å². The molecule has 1 rings (SSSR count). The topological polar surface area (TPSA) is 17.1 Å². The summed E-state index contributed by atoms with van der Waals surface area (Å²) in [5, 5.41) is 0. The maximum atomic E-state index is 10.5. The van der Waals surface area contributed by atoms with E-state index in [-0.39, 0.29) is 19.1 Å². The minimum atomic E-state index is -2.24. The van der Waals surface area contributed by atoms with Crippen molar-refractivity contribution in [1.82, 2.24) is 0 Å². The van der Waals surface area contributed by atoms with Crippen molar-refractivity contribution in [2.75, 3.05) is 0 Å². The van der Waals surface area contributed by atoms with E-state index in [1.54, 1.807) is 0 Å². The lowest BCUT2D eigenvalue weighted by molar-refractivity contribution is -0.110. The summed E-state index contributed by atoms with van der Waals surface area (Å²) in [5.74, 6) is -2.24. The molecule has 0 radical (unpaired) electrons. The SMILES string of the molecule is [2H]C1([2H])CCC([2H])([2H])C1([2H])C=O. The Hall–Kier alpha value is -0.330. The second-order valence-electron chi connectivity index (χ2n) is 1.39. The van der Waals surface area contributed by atoms with Crippen LogP contribution in [0.25, 0.3) is 0 Å². The minimum absolute atomic E-state index is 0.0672. The molecule has 0 aromatic rings. The Morgan fingerprint density at radius 3 is 2.57 bits per heavy atom. The molecular weight excluding hydrogens is 88.1 g/mol. The monoisotopic (exact) mass is 103 g/mol. The Morgan fingerprint density at radius 1 is 1.71 bits per heavy atom. The van der Waals surface area contributed by atoms with E-state index >= 15 is 0 Å². The van der Waals surface area contributed by atoms with Crippen molar-refractivity contribution in [1.29, 1.82) is 0 Å². The summed E-state index contributed by atoms with van der Waals surface area (Å²) in [6.45, 7) is 0. The van der Waals surface area contributed by atoms with Gasteiger partial charge in [-0.1, -0.05) is 12.8 Å². The molecule has 0 amide bonds. The molecule has 1 aliphatic rings. The number of hydrogen-bond donors (Lipinski definition) is 0. The van der Waals surface area contributed by atoms with Crippen LogP contribution >= 0.6 is 0 Å². The molecule has 1 fully saturated rings. The van der Waals surface area contributed by atoms with Crippen LogP contribution in [0.3, 0.4) is 0 Å². The first-order valence-corrected chi connectivity index (χ1v) is 2.23. The highest BCUT2D eigenvalue weighted by Crippen LogP contribution is 2.21. The van der Waals surface area contributed by atoms with Gasteiger partial charge in [0, 0.05) is 12.7 Å². The van der Waals surface area contributed by atoms with Crippen LogP contribution < -0.4 is 0 Å². The van der Waals surface area contributed by atoms with Gasteiger partial charge >= 0.3 is 0 Å². The molecule has 0 atom stereocenters. The van der Waals surface area contributed by atoms with Crippen molar-refractivity contribution < 1.29 is 11.6 Å². The third-order valence-electron chi connectivity index (χ3n) is 0.874. The van der Waals surface area contributed by atoms with E-state index in [1.807, 2.05) is 0 Å². The lowest BCUT2D eigenvalue weighted by Crippen LogP contribution is -1.91. The second-order valence-corrected chi connectivity index (χ2v) is 1.39. The quantitative estimate of drug-likeness (QED) is 0.458. The van der Waals surface area contributed by atoms with Crippen LogP contribution in [0.4, 0.5) is 0 Å². The normalized spacial score (nSPS) is 52.3. The second kappa shape index (κ2) is 2.10. The molecule has 0 heterocycles. The van der Waals surface area contributed by atoms with Gasteiger partial charge in [-0.15, -0.1) is 0 Å². The van der Waals surface area contributed by atoms with Gasteiger partial charge in [0.2, 0.25) is 0 Å². The Labute approximate surface area is 50.7 Å². The fraction of sp³-hybridized carbons (Fsp3) is 0.833. The molecule has 0 bridgehead atoms. The predicted octanol–water partition coefficient (Wildman–Crippen LogP) is 1.38. The van der Waals surface area contributed by atoms with Gasteiger partial charge in [0.1, 0.15) is 6.29 Å². The standard InChI is InChI=1S/C6H10O/c7-5-6-3-1-2-4-6/h5-6H,1-4H2/i3D2,4D2,6D. The highest BCUT2D eigenvalue weighted by molar-refractivity contribution is 5.53. The van der Waals surface area contributed by atoms with Crippen molar-refractivity contribution in [3.05, 3.63) is 0 Å². The molecule has 1 saturated carbocycles. The Morgan fingerprint density at radius 2 is 2.29 bits per heavy atom. The molecule has 1 nitrogen and oxygen atoms in total. The number of aldehydes is 1. The average Bonchev–Trinajstić information content (AvgIpc) is 2.12. The zero-order valence-electron chi connectivity index (χ0n) is 8.90. The van der Waals surface area contributed by atoms with E-state index in [9.17, 15) is 4.79 Å². The van der Waals surface area contributed by atoms with Gasteiger partial charge in [-0.3, -0.25) is 0 Å². The van der Waals surface area contributed by atoms with E-state index in [2.05, 4.69) is 0 Å². The Kier molecular flexibility index (Phi) is 0.473. The largest absolute Gasteiger partial charge is 0.303 e. The van der Waals surface area contributed by atoms with Gasteiger partial charge in [0.25, 0.3) is 0 Å². The lowest BCUT2D eigenvalue weighted by atomic mass is 10.1. The smallest absolute Gasteiger partial charge is 0.123 e. The van der Waals surface area contributed by atoms with Crippen LogP contribution in [0.5, 0.6) is 0 Å². The van der Waals surface area contributed by atoms with Gasteiger partial charge in [-0.2, -0.15) is 0 Å². The van der Waals surface area contributed by atoms with Crippen molar-refractivity contribution in [2.24, 2.45) is 5.89 Å². The molecule has 1 aliphatic carbocycles. The summed E-state index contributed by atoms with van der Waals surface area (Å²) in [5.41, 5.74) is 0. The predicted molar refractivity (Wildman–Crippen MR) is 28.0 cm³/mol. The highest BCUT2D eigenvalue weighted by atomic mass is 16.1. The van der Waals surface area contributed by atoms with E-state index < -0.39 is 18.6 Å². The molecule has 1 heteroatoms. The van der Waals surface area contributed by atoms with Gasteiger partial charge < -0.3 is 4.79 Å². The fourth-order valence-electron chi connectivity index (χ4n) is 0.540. The van der Waals surface area contributed by atoms with Crippen molar-refractivity contribution >= 4 is 6.29 Å². The molecule has 7 heavy (non-hydrogen) atoms. The molecule has 0 saturated heterocycles. The maximum absolute atomic E-state index is 10.5. The maximum Gasteiger partial charge on any atom is 0.123 e. The first kappa shape index (κ1) is 1.57. The third kappa shape index (κ3) is 1.02. The van der Waals surface area contributed by atoms with Crippen LogP contribution in [-0.4, -0.2) is 6.29 Å². The summed E-state index contributed by atoms with van der Waals surface area (Å²) >= 11 is 0. The lowest BCUT2D eigenvalue weighted by Gasteiger charge is -1.90. The number of hydrogen-bond acceptors (Lipinski definition) is 1. The van der Waals surface area contributed by atoms with E-state index in [1.165, 1.54) is 0 Å². The summed E-state index contributed by atoms with van der Waals surface area (Å²) in [6, 6.07) is 0.